The zero-order valence-electron chi connectivity index (χ0n) is 21.1. The molecule has 4 rings (SSSR count). The molecular weight excluding hydrogens is 502 g/mol. The summed E-state index contributed by atoms with van der Waals surface area (Å²) in [5.41, 5.74) is 3.87. The summed E-state index contributed by atoms with van der Waals surface area (Å²) in [5.74, 6) is 0.185. The Bertz CT molecular complexity index is 1410. The first-order valence-electron chi connectivity index (χ1n) is 12.0. The summed E-state index contributed by atoms with van der Waals surface area (Å²) < 4.78 is 12.0. The second kappa shape index (κ2) is 12.2. The van der Waals surface area contributed by atoms with Crippen molar-refractivity contribution in [3.63, 3.8) is 0 Å². The average molecular weight is 532 g/mol. The van der Waals surface area contributed by atoms with Gasteiger partial charge in [-0.25, -0.2) is 4.98 Å². The van der Waals surface area contributed by atoms with E-state index < -0.39 is 10.8 Å². The van der Waals surface area contributed by atoms with Gasteiger partial charge in [0.15, 0.2) is 5.13 Å². The maximum Gasteiger partial charge on any atom is 0.230 e. The highest BCUT2D eigenvalue weighted by molar-refractivity contribution is 7.85. The Labute approximate surface area is 223 Å². The van der Waals surface area contributed by atoms with Crippen LogP contribution in [0.4, 0.5) is 5.13 Å². The second-order valence-electron chi connectivity index (χ2n) is 8.83. The molecule has 0 saturated carbocycles. The SMILES string of the molecule is CCS(=O)c1ccc(CC(=O)Nc2nc(-c3cccc(CN(C)C)c3)c(C(=O)c3ccccc3)s2)cc1. The van der Waals surface area contributed by atoms with Crippen LogP contribution in [0.3, 0.4) is 0 Å². The summed E-state index contributed by atoms with van der Waals surface area (Å²) in [6.07, 6.45) is 0.147. The van der Waals surface area contributed by atoms with Gasteiger partial charge in [-0.3, -0.25) is 13.8 Å². The van der Waals surface area contributed by atoms with Crippen LogP contribution in [-0.2, 0) is 28.6 Å². The van der Waals surface area contributed by atoms with Crippen LogP contribution in [-0.4, -0.2) is 45.6 Å². The van der Waals surface area contributed by atoms with Gasteiger partial charge in [-0.05, 0) is 43.4 Å². The fourth-order valence-corrected chi connectivity index (χ4v) is 5.64. The quantitative estimate of drug-likeness (QED) is 0.277. The van der Waals surface area contributed by atoms with E-state index in [9.17, 15) is 13.8 Å². The molecule has 3 aromatic carbocycles. The Kier molecular flexibility index (Phi) is 8.76. The molecule has 0 spiro atoms. The van der Waals surface area contributed by atoms with Crippen molar-refractivity contribution < 1.29 is 13.8 Å². The third-order valence-electron chi connectivity index (χ3n) is 5.63. The average Bonchev–Trinajstić information content (AvgIpc) is 3.32. The molecule has 1 N–H and O–H groups in total. The van der Waals surface area contributed by atoms with Gasteiger partial charge in [0.2, 0.25) is 11.7 Å². The summed E-state index contributed by atoms with van der Waals surface area (Å²) in [6, 6.07) is 24.3. The molecule has 1 amide bonds. The molecule has 1 aromatic heterocycles. The number of benzene rings is 3. The van der Waals surface area contributed by atoms with Crippen molar-refractivity contribution in [3.05, 3.63) is 100 Å². The number of thiazole rings is 1. The Morgan fingerprint density at radius 2 is 1.68 bits per heavy atom. The number of nitrogens with zero attached hydrogens (tertiary/aromatic N) is 2. The van der Waals surface area contributed by atoms with Crippen LogP contribution in [0.15, 0.2) is 83.8 Å². The van der Waals surface area contributed by atoms with E-state index in [1.165, 1.54) is 11.3 Å². The van der Waals surface area contributed by atoms with Crippen molar-refractivity contribution in [2.75, 3.05) is 25.2 Å². The van der Waals surface area contributed by atoms with Crippen LogP contribution < -0.4 is 5.32 Å². The number of aromatic nitrogens is 1. The number of nitrogens with one attached hydrogen (secondary N) is 1. The van der Waals surface area contributed by atoms with Gasteiger partial charge in [0.05, 0.1) is 22.9 Å². The van der Waals surface area contributed by atoms with Crippen LogP contribution in [0.1, 0.15) is 33.3 Å². The molecule has 0 aliphatic rings. The number of ketones is 1. The molecule has 4 aromatic rings. The van der Waals surface area contributed by atoms with Crippen LogP contribution in [0.5, 0.6) is 0 Å². The lowest BCUT2D eigenvalue weighted by atomic mass is 10.0. The Hall–Kier alpha value is -3.46. The molecule has 1 atom stereocenters. The van der Waals surface area contributed by atoms with E-state index in [2.05, 4.69) is 15.2 Å². The van der Waals surface area contributed by atoms with Gasteiger partial charge in [-0.15, -0.1) is 0 Å². The van der Waals surface area contributed by atoms with Gasteiger partial charge in [0.25, 0.3) is 0 Å². The lowest BCUT2D eigenvalue weighted by Crippen LogP contribution is -2.14. The lowest BCUT2D eigenvalue weighted by molar-refractivity contribution is -0.115. The third-order valence-corrected chi connectivity index (χ3v) is 7.92. The first-order chi connectivity index (χ1) is 17.8. The minimum Gasteiger partial charge on any atom is -0.305 e. The molecular formula is C29H29N3O3S2. The Morgan fingerprint density at radius 3 is 2.35 bits per heavy atom. The molecule has 6 nitrogen and oxygen atoms in total. The molecule has 190 valence electrons. The van der Waals surface area contributed by atoms with Gasteiger partial charge in [0.1, 0.15) is 4.88 Å². The number of amides is 1. The van der Waals surface area contributed by atoms with Crippen LogP contribution in [0, 0.1) is 0 Å². The highest BCUT2D eigenvalue weighted by Crippen LogP contribution is 2.33. The van der Waals surface area contributed by atoms with E-state index in [4.69, 9.17) is 0 Å². The van der Waals surface area contributed by atoms with E-state index in [-0.39, 0.29) is 18.1 Å². The summed E-state index contributed by atoms with van der Waals surface area (Å²) in [6.45, 7) is 2.63. The molecule has 0 saturated heterocycles. The van der Waals surface area contributed by atoms with Gasteiger partial charge >= 0.3 is 0 Å². The number of hydrogen-bond acceptors (Lipinski definition) is 6. The molecule has 1 heterocycles. The molecule has 8 heteroatoms. The van der Waals surface area contributed by atoms with Crippen molar-refractivity contribution >= 4 is 39.0 Å². The van der Waals surface area contributed by atoms with Crippen molar-refractivity contribution in [1.82, 2.24) is 9.88 Å². The lowest BCUT2D eigenvalue weighted by Gasteiger charge is -2.10. The molecule has 0 bridgehead atoms. The highest BCUT2D eigenvalue weighted by atomic mass is 32.2. The van der Waals surface area contributed by atoms with Gasteiger partial charge < -0.3 is 10.2 Å². The van der Waals surface area contributed by atoms with Crippen LogP contribution in [0.25, 0.3) is 11.3 Å². The Balaban J connectivity index is 1.61. The molecule has 0 fully saturated rings. The molecule has 0 radical (unpaired) electrons. The van der Waals surface area contributed by atoms with E-state index in [1.807, 2.05) is 75.6 Å². The first kappa shape index (κ1) is 26.6. The number of rotatable bonds is 10. The highest BCUT2D eigenvalue weighted by Gasteiger charge is 2.22. The smallest absolute Gasteiger partial charge is 0.230 e. The fraction of sp³-hybridized carbons (Fsp3) is 0.207. The van der Waals surface area contributed by atoms with Crippen molar-refractivity contribution in [1.29, 1.82) is 0 Å². The number of carbonyl (C=O) groups excluding carboxylic acids is 2. The van der Waals surface area contributed by atoms with E-state index in [1.54, 1.807) is 24.3 Å². The predicted octanol–water partition coefficient (Wildman–Crippen LogP) is 5.41. The maximum atomic E-state index is 13.4. The van der Waals surface area contributed by atoms with Crippen LogP contribution in [0.2, 0.25) is 0 Å². The molecule has 0 aliphatic heterocycles. The van der Waals surface area contributed by atoms with Crippen LogP contribution >= 0.6 is 11.3 Å². The molecule has 37 heavy (non-hydrogen) atoms. The number of carbonyl (C=O) groups is 2. The van der Waals surface area contributed by atoms with Crippen molar-refractivity contribution in [2.24, 2.45) is 0 Å². The minimum absolute atomic E-state index is 0.133. The minimum atomic E-state index is -1.03. The Morgan fingerprint density at radius 1 is 0.946 bits per heavy atom. The number of anilines is 1. The topological polar surface area (TPSA) is 79.4 Å². The zero-order chi connectivity index (χ0) is 26.4. The maximum absolute atomic E-state index is 13.4. The van der Waals surface area contributed by atoms with Crippen molar-refractivity contribution in [2.45, 2.75) is 24.8 Å². The summed E-state index contributed by atoms with van der Waals surface area (Å²) in [5, 5.41) is 3.25. The van der Waals surface area contributed by atoms with Gasteiger partial charge in [-0.1, -0.05) is 78.9 Å². The molecule has 0 aliphatic carbocycles. The molecule has 1 unspecified atom stereocenters. The summed E-state index contributed by atoms with van der Waals surface area (Å²) in [7, 11) is 2.98. The monoisotopic (exact) mass is 531 g/mol. The largest absolute Gasteiger partial charge is 0.305 e. The predicted molar refractivity (Wildman–Crippen MR) is 151 cm³/mol. The first-order valence-corrected chi connectivity index (χ1v) is 14.1. The normalized spacial score (nSPS) is 11.9. The number of hydrogen-bond donors (Lipinski definition) is 1. The third kappa shape index (κ3) is 6.85. The van der Waals surface area contributed by atoms with E-state index >= 15 is 0 Å². The van der Waals surface area contributed by atoms with Gasteiger partial charge in [-0.2, -0.15) is 0 Å². The van der Waals surface area contributed by atoms with E-state index in [0.717, 1.165) is 28.1 Å². The standard InChI is InChI=1S/C29H29N3O3S2/c1-4-37(35)24-15-13-20(14-16-24)18-25(33)30-29-31-26(23-12-8-9-21(17-23)19-32(2)3)28(36-29)27(34)22-10-6-5-7-11-22/h5-17H,4,18-19H2,1-3H3,(H,30,31,33). The van der Waals surface area contributed by atoms with Gasteiger partial charge in [0, 0.05) is 28.3 Å². The second-order valence-corrected chi connectivity index (χ2v) is 11.6. The fourth-order valence-electron chi connectivity index (χ4n) is 3.90. The zero-order valence-corrected chi connectivity index (χ0v) is 22.7. The summed E-state index contributed by atoms with van der Waals surface area (Å²) in [4.78, 5) is 34.3. The van der Waals surface area contributed by atoms with E-state index in [0.29, 0.717) is 27.0 Å². The van der Waals surface area contributed by atoms with Crippen molar-refractivity contribution in [3.8, 4) is 11.3 Å². The summed E-state index contributed by atoms with van der Waals surface area (Å²) >= 11 is 1.18.